The number of rotatable bonds is 3. The topological polar surface area (TPSA) is 62.0 Å². The molecule has 2 aromatic rings. The number of halogens is 2. The monoisotopic (exact) mass is 324 g/mol. The van der Waals surface area contributed by atoms with Crippen molar-refractivity contribution in [2.24, 2.45) is 0 Å². The SMILES string of the molecule is O=C(NCc1cc(Br)ccc1F)c1cccc(=O)[nH]1. The van der Waals surface area contributed by atoms with Crippen LogP contribution in [0, 0.1) is 5.82 Å². The summed E-state index contributed by atoms with van der Waals surface area (Å²) < 4.78 is 14.2. The molecule has 0 unspecified atom stereocenters. The van der Waals surface area contributed by atoms with Crippen molar-refractivity contribution in [3.05, 3.63) is 68.3 Å². The highest BCUT2D eigenvalue weighted by Crippen LogP contribution is 2.15. The van der Waals surface area contributed by atoms with Gasteiger partial charge in [-0.25, -0.2) is 4.39 Å². The Bertz CT molecular complexity index is 670. The summed E-state index contributed by atoms with van der Waals surface area (Å²) in [7, 11) is 0. The molecule has 0 aliphatic carbocycles. The van der Waals surface area contributed by atoms with Crippen LogP contribution in [0.2, 0.25) is 0 Å². The van der Waals surface area contributed by atoms with E-state index in [1.54, 1.807) is 12.1 Å². The van der Waals surface area contributed by atoms with E-state index >= 15 is 0 Å². The van der Waals surface area contributed by atoms with E-state index in [0.717, 1.165) is 4.47 Å². The van der Waals surface area contributed by atoms with Gasteiger partial charge in [-0.1, -0.05) is 22.0 Å². The van der Waals surface area contributed by atoms with Crippen LogP contribution in [-0.2, 0) is 6.54 Å². The smallest absolute Gasteiger partial charge is 0.268 e. The molecule has 2 rings (SSSR count). The molecule has 98 valence electrons. The summed E-state index contributed by atoms with van der Waals surface area (Å²) in [6, 6.07) is 8.75. The predicted octanol–water partition coefficient (Wildman–Crippen LogP) is 2.21. The lowest BCUT2D eigenvalue weighted by molar-refractivity contribution is 0.0945. The number of aromatic nitrogens is 1. The molecule has 1 aromatic carbocycles. The van der Waals surface area contributed by atoms with Crippen molar-refractivity contribution in [3.8, 4) is 0 Å². The Hall–Kier alpha value is -1.95. The minimum Gasteiger partial charge on any atom is -0.347 e. The molecule has 0 atom stereocenters. The first-order valence-corrected chi connectivity index (χ1v) is 6.27. The van der Waals surface area contributed by atoms with Gasteiger partial charge >= 0.3 is 0 Å². The first kappa shape index (κ1) is 13.5. The number of carbonyl (C=O) groups excluding carboxylic acids is 1. The maximum Gasteiger partial charge on any atom is 0.268 e. The Labute approximate surface area is 116 Å². The zero-order valence-electron chi connectivity index (χ0n) is 9.74. The van der Waals surface area contributed by atoms with Gasteiger partial charge in [-0.2, -0.15) is 0 Å². The maximum absolute atomic E-state index is 13.5. The van der Waals surface area contributed by atoms with Gasteiger partial charge in [-0.05, 0) is 24.3 Å². The lowest BCUT2D eigenvalue weighted by atomic mass is 10.2. The molecule has 1 heterocycles. The number of carbonyl (C=O) groups is 1. The average Bonchev–Trinajstić information content (AvgIpc) is 2.39. The molecule has 0 saturated carbocycles. The standard InChI is InChI=1S/C13H10BrFN2O2/c14-9-4-5-10(15)8(6-9)7-16-13(19)11-2-1-3-12(18)17-11/h1-6H,7H2,(H,16,19)(H,17,18). The van der Waals surface area contributed by atoms with Gasteiger partial charge in [-0.15, -0.1) is 0 Å². The van der Waals surface area contributed by atoms with Crippen LogP contribution in [0.25, 0.3) is 0 Å². The number of aromatic amines is 1. The number of amides is 1. The Balaban J connectivity index is 2.08. The zero-order chi connectivity index (χ0) is 13.8. The molecule has 0 saturated heterocycles. The Kier molecular flexibility index (Phi) is 4.11. The Morgan fingerprint density at radius 1 is 1.32 bits per heavy atom. The molecule has 2 N–H and O–H groups in total. The van der Waals surface area contributed by atoms with E-state index in [2.05, 4.69) is 26.2 Å². The van der Waals surface area contributed by atoms with Crippen LogP contribution < -0.4 is 10.9 Å². The summed E-state index contributed by atoms with van der Waals surface area (Å²) in [5, 5.41) is 2.54. The van der Waals surface area contributed by atoms with Crippen molar-refractivity contribution in [2.75, 3.05) is 0 Å². The highest BCUT2D eigenvalue weighted by atomic mass is 79.9. The lowest BCUT2D eigenvalue weighted by Crippen LogP contribution is -2.26. The predicted molar refractivity (Wildman–Crippen MR) is 72.3 cm³/mol. The summed E-state index contributed by atoms with van der Waals surface area (Å²) in [5.41, 5.74) is 0.144. The van der Waals surface area contributed by atoms with Crippen molar-refractivity contribution < 1.29 is 9.18 Å². The fraction of sp³-hybridized carbons (Fsp3) is 0.0769. The van der Waals surface area contributed by atoms with E-state index < -0.39 is 11.7 Å². The highest BCUT2D eigenvalue weighted by Gasteiger charge is 2.08. The number of hydrogen-bond acceptors (Lipinski definition) is 2. The minimum atomic E-state index is -0.461. The molecule has 0 aliphatic heterocycles. The fourth-order valence-electron chi connectivity index (χ4n) is 1.53. The summed E-state index contributed by atoms with van der Waals surface area (Å²) in [4.78, 5) is 25.2. The number of pyridine rings is 1. The molecule has 0 aliphatic rings. The highest BCUT2D eigenvalue weighted by molar-refractivity contribution is 9.10. The van der Waals surface area contributed by atoms with E-state index in [-0.39, 0.29) is 17.8 Å². The molecule has 0 bridgehead atoms. The van der Waals surface area contributed by atoms with Crippen LogP contribution >= 0.6 is 15.9 Å². The Morgan fingerprint density at radius 3 is 2.84 bits per heavy atom. The van der Waals surface area contributed by atoms with Crippen molar-refractivity contribution in [3.63, 3.8) is 0 Å². The number of hydrogen-bond donors (Lipinski definition) is 2. The van der Waals surface area contributed by atoms with E-state index in [0.29, 0.717) is 5.56 Å². The van der Waals surface area contributed by atoms with Crippen LogP contribution in [-0.4, -0.2) is 10.9 Å². The van der Waals surface area contributed by atoms with Crippen LogP contribution in [0.1, 0.15) is 16.1 Å². The van der Waals surface area contributed by atoms with Crippen molar-refractivity contribution in [1.29, 1.82) is 0 Å². The maximum atomic E-state index is 13.5. The molecule has 1 aromatic heterocycles. The molecule has 4 nitrogen and oxygen atoms in total. The quantitative estimate of drug-likeness (QED) is 0.909. The van der Waals surface area contributed by atoms with Crippen molar-refractivity contribution in [1.82, 2.24) is 10.3 Å². The molecule has 0 radical (unpaired) electrons. The first-order valence-electron chi connectivity index (χ1n) is 5.48. The van der Waals surface area contributed by atoms with Crippen molar-refractivity contribution in [2.45, 2.75) is 6.54 Å². The summed E-state index contributed by atoms with van der Waals surface area (Å²) in [6.07, 6.45) is 0. The minimum absolute atomic E-state index is 0.0427. The molecular weight excluding hydrogens is 315 g/mol. The fourth-order valence-corrected chi connectivity index (χ4v) is 1.94. The van der Waals surface area contributed by atoms with Gasteiger partial charge in [0.05, 0.1) is 0 Å². The van der Waals surface area contributed by atoms with E-state index in [1.807, 2.05) is 0 Å². The largest absolute Gasteiger partial charge is 0.347 e. The second-order valence-corrected chi connectivity index (χ2v) is 4.76. The second-order valence-electron chi connectivity index (χ2n) is 3.85. The van der Waals surface area contributed by atoms with E-state index in [1.165, 1.54) is 24.3 Å². The summed E-state index contributed by atoms with van der Waals surface area (Å²) >= 11 is 3.23. The zero-order valence-corrected chi connectivity index (χ0v) is 11.3. The molecule has 1 amide bonds. The molecule has 19 heavy (non-hydrogen) atoms. The second kappa shape index (κ2) is 5.79. The number of nitrogens with one attached hydrogen (secondary N) is 2. The van der Waals surface area contributed by atoms with Gasteiger partial charge in [0.1, 0.15) is 11.5 Å². The van der Waals surface area contributed by atoms with Crippen molar-refractivity contribution >= 4 is 21.8 Å². The summed E-state index contributed by atoms with van der Waals surface area (Å²) in [5.74, 6) is -0.859. The molecular formula is C13H10BrFN2O2. The van der Waals surface area contributed by atoms with Crippen LogP contribution in [0.4, 0.5) is 4.39 Å². The summed E-state index contributed by atoms with van der Waals surface area (Å²) in [6.45, 7) is 0.0427. The molecule has 0 fully saturated rings. The Morgan fingerprint density at radius 2 is 2.11 bits per heavy atom. The van der Waals surface area contributed by atoms with Gasteiger partial charge in [-0.3, -0.25) is 9.59 Å². The lowest BCUT2D eigenvalue weighted by Gasteiger charge is -2.06. The number of H-pyrrole nitrogens is 1. The number of benzene rings is 1. The van der Waals surface area contributed by atoms with Crippen LogP contribution in [0.5, 0.6) is 0 Å². The van der Waals surface area contributed by atoms with Crippen LogP contribution in [0.15, 0.2) is 45.7 Å². The first-order chi connectivity index (χ1) is 9.06. The molecule has 6 heteroatoms. The van der Waals surface area contributed by atoms with Gasteiger partial charge in [0, 0.05) is 22.6 Å². The van der Waals surface area contributed by atoms with Gasteiger partial charge in [0.2, 0.25) is 5.56 Å². The normalized spacial score (nSPS) is 10.2. The third-order valence-electron chi connectivity index (χ3n) is 2.46. The van der Waals surface area contributed by atoms with Crippen LogP contribution in [0.3, 0.4) is 0 Å². The third kappa shape index (κ3) is 3.51. The van der Waals surface area contributed by atoms with E-state index in [4.69, 9.17) is 0 Å². The van der Waals surface area contributed by atoms with E-state index in [9.17, 15) is 14.0 Å². The molecule has 0 spiro atoms. The van der Waals surface area contributed by atoms with Gasteiger partial charge in [0.25, 0.3) is 5.91 Å². The van der Waals surface area contributed by atoms with Gasteiger partial charge in [0.15, 0.2) is 0 Å². The third-order valence-corrected chi connectivity index (χ3v) is 2.95. The average molecular weight is 325 g/mol. The van der Waals surface area contributed by atoms with Gasteiger partial charge < -0.3 is 10.3 Å².